The highest BCUT2D eigenvalue weighted by molar-refractivity contribution is 5.97. The fraction of sp³-hybridized carbons (Fsp3) is 0.300. The standard InChI is InChI=1S/C20H22N4O4/c1-14-12-22-17(13-21-14)20(26)24-10-4-9-23(24)19(25)8-5-15-11-16(27-2)6-7-18(15)28-3/h5-8,11-13H,4,9-10H2,1-3H3. The van der Waals surface area contributed by atoms with E-state index >= 15 is 0 Å². The fourth-order valence-corrected chi connectivity index (χ4v) is 2.90. The molecule has 0 radical (unpaired) electrons. The number of hydrogen-bond acceptors (Lipinski definition) is 6. The molecule has 0 atom stereocenters. The number of hydrazine groups is 1. The monoisotopic (exact) mass is 382 g/mol. The molecule has 1 saturated heterocycles. The lowest BCUT2D eigenvalue weighted by molar-refractivity contribution is -0.134. The lowest BCUT2D eigenvalue weighted by Crippen LogP contribution is -2.44. The molecule has 1 aromatic heterocycles. The van der Waals surface area contributed by atoms with Crippen molar-refractivity contribution in [1.82, 2.24) is 20.0 Å². The van der Waals surface area contributed by atoms with Gasteiger partial charge in [-0.2, -0.15) is 0 Å². The summed E-state index contributed by atoms with van der Waals surface area (Å²) in [6.07, 6.45) is 6.73. The van der Waals surface area contributed by atoms with Gasteiger partial charge >= 0.3 is 0 Å². The zero-order valence-electron chi connectivity index (χ0n) is 16.1. The molecule has 8 nitrogen and oxygen atoms in total. The zero-order valence-corrected chi connectivity index (χ0v) is 16.1. The van der Waals surface area contributed by atoms with Gasteiger partial charge in [0.15, 0.2) is 0 Å². The van der Waals surface area contributed by atoms with Crippen LogP contribution in [-0.4, -0.2) is 59.1 Å². The fourth-order valence-electron chi connectivity index (χ4n) is 2.90. The highest BCUT2D eigenvalue weighted by Crippen LogP contribution is 2.25. The summed E-state index contributed by atoms with van der Waals surface area (Å²) in [5, 5.41) is 2.84. The maximum Gasteiger partial charge on any atom is 0.292 e. The van der Waals surface area contributed by atoms with Gasteiger partial charge in [-0.1, -0.05) is 0 Å². The van der Waals surface area contributed by atoms with Crippen molar-refractivity contribution in [2.24, 2.45) is 0 Å². The third-order valence-corrected chi connectivity index (χ3v) is 4.36. The minimum absolute atomic E-state index is 0.212. The third kappa shape index (κ3) is 4.11. The van der Waals surface area contributed by atoms with Gasteiger partial charge in [0.1, 0.15) is 17.2 Å². The number of benzene rings is 1. The van der Waals surface area contributed by atoms with Crippen LogP contribution in [-0.2, 0) is 4.79 Å². The molecular formula is C20H22N4O4. The quantitative estimate of drug-likeness (QED) is 0.737. The highest BCUT2D eigenvalue weighted by atomic mass is 16.5. The average Bonchev–Trinajstić information content (AvgIpc) is 3.21. The van der Waals surface area contributed by atoms with Crippen molar-refractivity contribution in [3.8, 4) is 11.5 Å². The van der Waals surface area contributed by atoms with E-state index < -0.39 is 0 Å². The summed E-state index contributed by atoms with van der Waals surface area (Å²) < 4.78 is 10.5. The summed E-state index contributed by atoms with van der Waals surface area (Å²) in [5.74, 6) is 0.638. The molecule has 28 heavy (non-hydrogen) atoms. The number of carbonyl (C=O) groups excluding carboxylic acids is 2. The van der Waals surface area contributed by atoms with E-state index in [1.165, 1.54) is 28.5 Å². The Labute approximate surface area is 163 Å². The van der Waals surface area contributed by atoms with Crippen LogP contribution in [0.1, 0.15) is 28.2 Å². The Balaban J connectivity index is 1.77. The van der Waals surface area contributed by atoms with Crippen LogP contribution in [0.2, 0.25) is 0 Å². The molecule has 2 aromatic rings. The van der Waals surface area contributed by atoms with E-state index in [1.807, 2.05) is 0 Å². The maximum atomic E-state index is 12.7. The van der Waals surface area contributed by atoms with Crippen LogP contribution >= 0.6 is 0 Å². The Hall–Kier alpha value is -3.42. The Morgan fingerprint density at radius 1 is 1.07 bits per heavy atom. The van der Waals surface area contributed by atoms with Crippen LogP contribution in [0.15, 0.2) is 36.7 Å². The highest BCUT2D eigenvalue weighted by Gasteiger charge is 2.31. The van der Waals surface area contributed by atoms with E-state index in [0.717, 1.165) is 5.69 Å². The van der Waals surface area contributed by atoms with Crippen LogP contribution in [0.25, 0.3) is 6.08 Å². The van der Waals surface area contributed by atoms with Crippen molar-refractivity contribution >= 4 is 17.9 Å². The van der Waals surface area contributed by atoms with E-state index in [0.29, 0.717) is 36.6 Å². The van der Waals surface area contributed by atoms with E-state index in [1.54, 1.807) is 45.4 Å². The van der Waals surface area contributed by atoms with Crippen molar-refractivity contribution in [2.75, 3.05) is 27.3 Å². The van der Waals surface area contributed by atoms with Crippen molar-refractivity contribution in [3.05, 3.63) is 53.6 Å². The van der Waals surface area contributed by atoms with E-state index in [4.69, 9.17) is 9.47 Å². The predicted octanol–water partition coefficient (Wildman–Crippen LogP) is 2.11. The SMILES string of the molecule is COc1ccc(OC)c(C=CC(=O)N2CCCN2C(=O)c2cnc(C)cn2)c1. The third-order valence-electron chi connectivity index (χ3n) is 4.36. The van der Waals surface area contributed by atoms with Crippen LogP contribution in [0.3, 0.4) is 0 Å². The number of amides is 2. The number of carbonyl (C=O) groups is 2. The molecule has 0 N–H and O–H groups in total. The molecular weight excluding hydrogens is 360 g/mol. The molecule has 1 fully saturated rings. The van der Waals surface area contributed by atoms with Gasteiger partial charge in [-0.05, 0) is 37.6 Å². The summed E-state index contributed by atoms with van der Waals surface area (Å²) in [7, 11) is 3.13. The van der Waals surface area contributed by atoms with E-state index in [2.05, 4.69) is 9.97 Å². The number of rotatable bonds is 5. The molecule has 0 saturated carbocycles. The Bertz CT molecular complexity index is 896. The Morgan fingerprint density at radius 3 is 2.54 bits per heavy atom. The van der Waals surface area contributed by atoms with E-state index in [-0.39, 0.29) is 17.5 Å². The molecule has 3 rings (SSSR count). The number of methoxy groups -OCH3 is 2. The molecule has 146 valence electrons. The number of hydrogen-bond donors (Lipinski definition) is 0. The van der Waals surface area contributed by atoms with Gasteiger partial charge < -0.3 is 9.47 Å². The minimum Gasteiger partial charge on any atom is -0.497 e. The van der Waals surface area contributed by atoms with Crippen molar-refractivity contribution < 1.29 is 19.1 Å². The van der Waals surface area contributed by atoms with E-state index in [9.17, 15) is 9.59 Å². The second-order valence-corrected chi connectivity index (χ2v) is 6.23. The Morgan fingerprint density at radius 2 is 1.86 bits per heavy atom. The maximum absolute atomic E-state index is 12.7. The summed E-state index contributed by atoms with van der Waals surface area (Å²) in [4.78, 5) is 33.6. The van der Waals surface area contributed by atoms with Gasteiger partial charge in [0.05, 0.1) is 26.1 Å². The molecule has 0 spiro atoms. The van der Waals surface area contributed by atoms with Gasteiger partial charge in [0.2, 0.25) is 0 Å². The van der Waals surface area contributed by atoms with Crippen LogP contribution < -0.4 is 9.47 Å². The van der Waals surface area contributed by atoms with Gasteiger partial charge in [-0.25, -0.2) is 15.0 Å². The first-order valence-electron chi connectivity index (χ1n) is 8.85. The molecule has 1 aliphatic heterocycles. The lowest BCUT2D eigenvalue weighted by Gasteiger charge is -2.26. The Kier molecular flexibility index (Phi) is 5.88. The number of ether oxygens (including phenoxy) is 2. The molecule has 2 amide bonds. The lowest BCUT2D eigenvalue weighted by atomic mass is 10.1. The van der Waals surface area contributed by atoms with Crippen molar-refractivity contribution in [2.45, 2.75) is 13.3 Å². The average molecular weight is 382 g/mol. The first kappa shape index (κ1) is 19.3. The number of nitrogens with zero attached hydrogens (tertiary/aromatic N) is 4. The second-order valence-electron chi connectivity index (χ2n) is 6.23. The van der Waals surface area contributed by atoms with Crippen molar-refractivity contribution in [3.63, 3.8) is 0 Å². The summed E-state index contributed by atoms with van der Waals surface area (Å²) >= 11 is 0. The topological polar surface area (TPSA) is 84.9 Å². The minimum atomic E-state index is -0.342. The summed E-state index contributed by atoms with van der Waals surface area (Å²) in [6.45, 7) is 2.71. The smallest absolute Gasteiger partial charge is 0.292 e. The second kappa shape index (κ2) is 8.51. The van der Waals surface area contributed by atoms with Crippen molar-refractivity contribution in [1.29, 1.82) is 0 Å². The normalized spacial score (nSPS) is 13.8. The van der Waals surface area contributed by atoms with Crippen LogP contribution in [0, 0.1) is 6.92 Å². The molecule has 2 heterocycles. The zero-order chi connectivity index (χ0) is 20.1. The molecule has 1 aromatic carbocycles. The largest absolute Gasteiger partial charge is 0.497 e. The first-order valence-corrected chi connectivity index (χ1v) is 8.85. The molecule has 0 unspecified atom stereocenters. The van der Waals surface area contributed by atoms with Gasteiger partial charge in [-0.3, -0.25) is 14.6 Å². The van der Waals surface area contributed by atoms with Crippen LogP contribution in [0.4, 0.5) is 0 Å². The first-order chi connectivity index (χ1) is 13.5. The number of aromatic nitrogens is 2. The molecule has 0 bridgehead atoms. The summed E-state index contributed by atoms with van der Waals surface area (Å²) in [6, 6.07) is 5.32. The van der Waals surface area contributed by atoms with Gasteiger partial charge in [0, 0.05) is 30.9 Å². The molecule has 8 heteroatoms. The molecule has 0 aliphatic carbocycles. The summed E-state index contributed by atoms with van der Waals surface area (Å²) in [5.41, 5.74) is 1.64. The van der Waals surface area contributed by atoms with Gasteiger partial charge in [0.25, 0.3) is 11.8 Å². The van der Waals surface area contributed by atoms with Gasteiger partial charge in [-0.15, -0.1) is 0 Å². The molecule has 1 aliphatic rings. The predicted molar refractivity (Wildman–Crippen MR) is 103 cm³/mol. The number of aryl methyl sites for hydroxylation is 1. The van der Waals surface area contributed by atoms with Crippen LogP contribution in [0.5, 0.6) is 11.5 Å².